The summed E-state index contributed by atoms with van der Waals surface area (Å²) in [4.78, 5) is 0. The molecule has 1 atom stereocenters. The lowest BCUT2D eigenvalue weighted by Gasteiger charge is -2.21. The minimum Gasteiger partial charge on any atom is -0.198 e. The molecule has 0 fully saturated rings. The Hall–Kier alpha value is -2.04. The normalized spacial score (nSPS) is 11.5. The lowest BCUT2D eigenvalue weighted by atomic mass is 9.74. The Labute approximate surface area is 83.6 Å². The lowest BCUT2D eigenvalue weighted by molar-refractivity contribution is 0.356. The molecule has 0 saturated carbocycles. The van der Waals surface area contributed by atoms with E-state index in [9.17, 15) is 0 Å². The van der Waals surface area contributed by atoms with Crippen molar-refractivity contribution >= 4 is 0 Å². The van der Waals surface area contributed by atoms with Crippen molar-refractivity contribution in [1.29, 1.82) is 21.0 Å². The van der Waals surface area contributed by atoms with E-state index in [1.165, 1.54) is 0 Å². The Balaban J connectivity index is 4.94. The Kier molecular flexibility index (Phi) is 4.77. The summed E-state index contributed by atoms with van der Waals surface area (Å²) in [6.45, 7) is 1.75. The summed E-state index contributed by atoms with van der Waals surface area (Å²) in [5.41, 5.74) is -1.32. The van der Waals surface area contributed by atoms with Gasteiger partial charge in [-0.1, -0.05) is 6.92 Å². The summed E-state index contributed by atoms with van der Waals surface area (Å²) < 4.78 is 0. The molecule has 0 radical (unpaired) electrons. The van der Waals surface area contributed by atoms with Crippen molar-refractivity contribution in [2.24, 2.45) is 11.3 Å². The van der Waals surface area contributed by atoms with Crippen molar-refractivity contribution in [3.63, 3.8) is 0 Å². The highest BCUT2D eigenvalue weighted by atomic mass is 14.5. The van der Waals surface area contributed by atoms with Crippen LogP contribution in [0.5, 0.6) is 0 Å². The second-order valence-corrected chi connectivity index (χ2v) is 2.94. The average molecular weight is 186 g/mol. The van der Waals surface area contributed by atoms with Crippen LogP contribution in [0.3, 0.4) is 0 Å². The first-order valence-corrected chi connectivity index (χ1v) is 4.29. The van der Waals surface area contributed by atoms with Gasteiger partial charge in [-0.25, -0.2) is 0 Å². The number of nitrogens with zero attached hydrogens (tertiary/aromatic N) is 4. The summed E-state index contributed by atoms with van der Waals surface area (Å²) in [6, 6.07) is 7.57. The van der Waals surface area contributed by atoms with Gasteiger partial charge in [0.25, 0.3) is 0 Å². The van der Waals surface area contributed by atoms with Crippen LogP contribution in [0.15, 0.2) is 0 Å². The van der Waals surface area contributed by atoms with E-state index < -0.39 is 11.3 Å². The molecule has 0 aliphatic rings. The molecule has 0 aromatic rings. The van der Waals surface area contributed by atoms with E-state index in [1.807, 2.05) is 24.3 Å². The maximum absolute atomic E-state index is 8.90. The molecular weight excluding hydrogens is 176 g/mol. The first-order valence-electron chi connectivity index (χ1n) is 4.29. The average Bonchev–Trinajstić information content (AvgIpc) is 2.24. The number of hydrogen-bond acceptors (Lipinski definition) is 4. The minimum atomic E-state index is -1.32. The topological polar surface area (TPSA) is 95.2 Å². The Morgan fingerprint density at radius 3 is 2.00 bits per heavy atom. The van der Waals surface area contributed by atoms with Crippen molar-refractivity contribution in [3.05, 3.63) is 0 Å². The van der Waals surface area contributed by atoms with E-state index in [4.69, 9.17) is 21.0 Å². The number of nitriles is 4. The molecule has 14 heavy (non-hydrogen) atoms. The molecule has 4 heteroatoms. The van der Waals surface area contributed by atoms with Gasteiger partial charge >= 0.3 is 0 Å². The molecule has 0 saturated heterocycles. The van der Waals surface area contributed by atoms with Gasteiger partial charge in [-0.15, -0.1) is 0 Å². The summed E-state index contributed by atoms with van der Waals surface area (Å²) in [6.07, 6.45) is 0.713. The second-order valence-electron chi connectivity index (χ2n) is 2.94. The molecule has 0 aromatic heterocycles. The van der Waals surface area contributed by atoms with Gasteiger partial charge in [0, 0.05) is 6.42 Å². The van der Waals surface area contributed by atoms with Crippen molar-refractivity contribution in [1.82, 2.24) is 0 Å². The van der Waals surface area contributed by atoms with Gasteiger partial charge in [-0.05, 0) is 12.8 Å². The quantitative estimate of drug-likeness (QED) is 0.669. The SMILES string of the molecule is CCC(C#N)C(C#N)(C#N)CCC#N. The highest BCUT2D eigenvalue weighted by Crippen LogP contribution is 2.33. The van der Waals surface area contributed by atoms with Crippen LogP contribution in [0, 0.1) is 56.7 Å². The Morgan fingerprint density at radius 1 is 1.14 bits per heavy atom. The molecule has 0 bridgehead atoms. The van der Waals surface area contributed by atoms with E-state index in [-0.39, 0.29) is 12.8 Å². The van der Waals surface area contributed by atoms with Crippen LogP contribution >= 0.6 is 0 Å². The predicted molar refractivity (Wildman–Crippen MR) is 47.9 cm³/mol. The fourth-order valence-corrected chi connectivity index (χ4v) is 1.27. The van der Waals surface area contributed by atoms with Crippen LogP contribution in [0.25, 0.3) is 0 Å². The van der Waals surface area contributed by atoms with Gasteiger partial charge in [-0.3, -0.25) is 0 Å². The number of rotatable bonds is 4. The van der Waals surface area contributed by atoms with Gasteiger partial charge in [0.2, 0.25) is 0 Å². The summed E-state index contributed by atoms with van der Waals surface area (Å²) in [5.74, 6) is -0.620. The molecule has 0 spiro atoms. The molecule has 4 nitrogen and oxygen atoms in total. The largest absolute Gasteiger partial charge is 0.198 e. The zero-order valence-corrected chi connectivity index (χ0v) is 7.99. The monoisotopic (exact) mass is 186 g/mol. The molecule has 70 valence electrons. The smallest absolute Gasteiger partial charge is 0.160 e. The van der Waals surface area contributed by atoms with Crippen LogP contribution in [0.2, 0.25) is 0 Å². The molecule has 0 aliphatic carbocycles. The third-order valence-corrected chi connectivity index (χ3v) is 2.19. The first-order chi connectivity index (χ1) is 6.70. The highest BCUT2D eigenvalue weighted by Gasteiger charge is 2.38. The Morgan fingerprint density at radius 2 is 1.71 bits per heavy atom. The van der Waals surface area contributed by atoms with E-state index >= 15 is 0 Å². The van der Waals surface area contributed by atoms with Crippen molar-refractivity contribution < 1.29 is 0 Å². The fraction of sp³-hybridized carbons (Fsp3) is 0.600. The van der Waals surface area contributed by atoms with Gasteiger partial charge in [0.15, 0.2) is 5.41 Å². The maximum Gasteiger partial charge on any atom is 0.160 e. The van der Waals surface area contributed by atoms with E-state index in [1.54, 1.807) is 6.92 Å². The second kappa shape index (κ2) is 5.58. The van der Waals surface area contributed by atoms with Gasteiger partial charge in [0.05, 0.1) is 30.2 Å². The highest BCUT2D eigenvalue weighted by molar-refractivity contribution is 5.21. The molecule has 0 N–H and O–H groups in total. The fourth-order valence-electron chi connectivity index (χ4n) is 1.27. The standard InChI is InChI=1S/C10H10N4/c1-2-9(6-12)10(7-13,8-14)4-3-5-11/h9H,2-4H2,1H3. The van der Waals surface area contributed by atoms with Gasteiger partial charge < -0.3 is 0 Å². The minimum absolute atomic E-state index is 0.124. The molecule has 0 amide bonds. The van der Waals surface area contributed by atoms with E-state index in [0.29, 0.717) is 6.42 Å². The van der Waals surface area contributed by atoms with Crippen molar-refractivity contribution in [3.8, 4) is 24.3 Å². The zero-order valence-electron chi connectivity index (χ0n) is 7.99. The molecule has 0 rings (SSSR count). The van der Waals surface area contributed by atoms with Gasteiger partial charge in [-0.2, -0.15) is 21.0 Å². The van der Waals surface area contributed by atoms with Crippen LogP contribution in [0.4, 0.5) is 0 Å². The van der Waals surface area contributed by atoms with Gasteiger partial charge in [0.1, 0.15) is 0 Å². The van der Waals surface area contributed by atoms with Crippen LogP contribution in [-0.2, 0) is 0 Å². The van der Waals surface area contributed by atoms with Crippen molar-refractivity contribution in [2.75, 3.05) is 0 Å². The molecule has 1 unspecified atom stereocenters. The molecule has 0 aliphatic heterocycles. The third kappa shape index (κ3) is 2.22. The summed E-state index contributed by atoms with van der Waals surface area (Å²) in [7, 11) is 0. The van der Waals surface area contributed by atoms with E-state index in [0.717, 1.165) is 0 Å². The lowest BCUT2D eigenvalue weighted by Crippen LogP contribution is -2.26. The molecule has 0 aromatic carbocycles. The van der Waals surface area contributed by atoms with Crippen LogP contribution in [0.1, 0.15) is 26.2 Å². The molecule has 0 heterocycles. The Bertz CT molecular complexity index is 330. The summed E-state index contributed by atoms with van der Waals surface area (Å²) in [5, 5.41) is 35.0. The van der Waals surface area contributed by atoms with E-state index in [2.05, 4.69) is 0 Å². The molecular formula is C10H10N4. The van der Waals surface area contributed by atoms with Crippen LogP contribution < -0.4 is 0 Å². The zero-order chi connectivity index (χ0) is 11.0. The van der Waals surface area contributed by atoms with Crippen LogP contribution in [-0.4, -0.2) is 0 Å². The van der Waals surface area contributed by atoms with Crippen molar-refractivity contribution in [2.45, 2.75) is 26.2 Å². The third-order valence-electron chi connectivity index (χ3n) is 2.19. The summed E-state index contributed by atoms with van der Waals surface area (Å²) >= 11 is 0. The number of hydrogen-bond donors (Lipinski definition) is 0. The predicted octanol–water partition coefficient (Wildman–Crippen LogP) is 1.87. The first kappa shape index (κ1) is 12.0. The maximum atomic E-state index is 8.90.